The lowest BCUT2D eigenvalue weighted by atomic mass is 10.1. The lowest BCUT2D eigenvalue weighted by molar-refractivity contribution is -0.132. The third-order valence-electron chi connectivity index (χ3n) is 5.36. The molecule has 1 fully saturated rings. The zero-order valence-corrected chi connectivity index (χ0v) is 16.0. The second kappa shape index (κ2) is 8.12. The molecule has 0 saturated carbocycles. The van der Waals surface area contributed by atoms with E-state index in [1.54, 1.807) is 12.5 Å². The van der Waals surface area contributed by atoms with Crippen molar-refractivity contribution in [2.75, 3.05) is 26.7 Å². The Morgan fingerprint density at radius 2 is 2.14 bits per heavy atom. The second-order valence-electron chi connectivity index (χ2n) is 7.48. The smallest absolute Gasteiger partial charge is 0.236 e. The first-order valence-electron chi connectivity index (χ1n) is 9.65. The molecule has 1 aliphatic rings. The number of H-pyrrole nitrogens is 1. The van der Waals surface area contributed by atoms with Crippen LogP contribution in [0.5, 0.6) is 0 Å². The number of carbonyl (C=O) groups excluding carboxylic acids is 1. The summed E-state index contributed by atoms with van der Waals surface area (Å²) in [5.41, 5.74) is 1.94. The quantitative estimate of drug-likeness (QED) is 0.696. The number of para-hydroxylation sites is 2. The fourth-order valence-electron chi connectivity index (χ4n) is 3.86. The summed E-state index contributed by atoms with van der Waals surface area (Å²) in [6.45, 7) is 2.11. The van der Waals surface area contributed by atoms with Gasteiger partial charge in [-0.1, -0.05) is 12.1 Å². The number of aliphatic hydroxyl groups is 1. The Morgan fingerprint density at radius 3 is 2.93 bits per heavy atom. The Labute approximate surface area is 163 Å². The van der Waals surface area contributed by atoms with E-state index in [1.807, 2.05) is 51.9 Å². The van der Waals surface area contributed by atoms with Crippen LogP contribution in [0.3, 0.4) is 0 Å². The summed E-state index contributed by atoms with van der Waals surface area (Å²) in [7, 11) is 1.92. The van der Waals surface area contributed by atoms with E-state index in [2.05, 4.69) is 15.0 Å². The second-order valence-corrected chi connectivity index (χ2v) is 7.48. The number of fused-ring (bicyclic) bond motifs is 1. The van der Waals surface area contributed by atoms with Crippen molar-refractivity contribution in [2.45, 2.75) is 31.5 Å². The maximum absolute atomic E-state index is 12.8. The van der Waals surface area contributed by atoms with E-state index in [9.17, 15) is 9.90 Å². The van der Waals surface area contributed by atoms with E-state index in [-0.39, 0.29) is 11.9 Å². The minimum atomic E-state index is -0.472. The third kappa shape index (κ3) is 4.07. The molecule has 1 amide bonds. The van der Waals surface area contributed by atoms with Crippen LogP contribution >= 0.6 is 0 Å². The Balaban J connectivity index is 1.33. The summed E-state index contributed by atoms with van der Waals surface area (Å²) in [6, 6.07) is 7.87. The van der Waals surface area contributed by atoms with Gasteiger partial charge in [0.15, 0.2) is 0 Å². The highest BCUT2D eigenvalue weighted by molar-refractivity contribution is 5.78. The van der Waals surface area contributed by atoms with Crippen LogP contribution in [0.1, 0.15) is 24.7 Å². The normalized spacial score (nSPS) is 20.6. The summed E-state index contributed by atoms with van der Waals surface area (Å²) in [5, 5.41) is 10.5. The van der Waals surface area contributed by atoms with Crippen LogP contribution in [0.4, 0.5) is 0 Å². The molecule has 8 heteroatoms. The molecular weight excluding hydrogens is 356 g/mol. The lowest BCUT2D eigenvalue weighted by Crippen LogP contribution is -2.39. The zero-order valence-electron chi connectivity index (χ0n) is 16.0. The van der Waals surface area contributed by atoms with Gasteiger partial charge in [0.1, 0.15) is 5.82 Å². The van der Waals surface area contributed by atoms with E-state index >= 15 is 0 Å². The van der Waals surface area contributed by atoms with Crippen molar-refractivity contribution in [1.29, 1.82) is 0 Å². The van der Waals surface area contributed by atoms with Crippen LogP contribution in [0, 0.1) is 0 Å². The number of likely N-dealkylation sites (N-methyl/N-ethyl adjacent to an activating group) is 1. The summed E-state index contributed by atoms with van der Waals surface area (Å²) in [6.07, 6.45) is 6.13. The average molecular weight is 382 g/mol. The Morgan fingerprint density at radius 1 is 1.32 bits per heavy atom. The highest BCUT2D eigenvalue weighted by atomic mass is 16.3. The molecule has 0 spiro atoms. The first-order valence-corrected chi connectivity index (χ1v) is 9.65. The van der Waals surface area contributed by atoms with Crippen LogP contribution < -0.4 is 0 Å². The third-order valence-corrected chi connectivity index (χ3v) is 5.36. The van der Waals surface area contributed by atoms with Crippen LogP contribution in [0.2, 0.25) is 0 Å². The predicted molar refractivity (Wildman–Crippen MR) is 106 cm³/mol. The maximum Gasteiger partial charge on any atom is 0.236 e. The first-order chi connectivity index (χ1) is 13.6. The monoisotopic (exact) mass is 382 g/mol. The highest BCUT2D eigenvalue weighted by Crippen LogP contribution is 2.23. The van der Waals surface area contributed by atoms with Gasteiger partial charge in [-0.3, -0.25) is 9.69 Å². The van der Waals surface area contributed by atoms with Crippen molar-refractivity contribution in [3.63, 3.8) is 0 Å². The molecule has 0 bridgehead atoms. The van der Waals surface area contributed by atoms with Gasteiger partial charge in [0.2, 0.25) is 5.91 Å². The number of imidazole rings is 2. The van der Waals surface area contributed by atoms with Crippen LogP contribution in [-0.2, 0) is 11.3 Å². The number of hydrogen-bond acceptors (Lipinski definition) is 5. The molecule has 1 saturated heterocycles. The molecule has 8 nitrogen and oxygen atoms in total. The number of nitrogens with one attached hydrogen (secondary N) is 1. The van der Waals surface area contributed by atoms with Crippen molar-refractivity contribution >= 4 is 16.9 Å². The van der Waals surface area contributed by atoms with Crippen molar-refractivity contribution < 1.29 is 9.90 Å². The van der Waals surface area contributed by atoms with Gasteiger partial charge in [0.05, 0.1) is 42.6 Å². The molecule has 3 aromatic rings. The number of carbonyl (C=O) groups is 1. The van der Waals surface area contributed by atoms with Gasteiger partial charge in [-0.05, 0) is 32.0 Å². The summed E-state index contributed by atoms with van der Waals surface area (Å²) < 4.78 is 1.94. The van der Waals surface area contributed by atoms with Gasteiger partial charge in [0, 0.05) is 25.5 Å². The largest absolute Gasteiger partial charge is 0.391 e. The molecule has 3 heterocycles. The maximum atomic E-state index is 12.8. The number of aromatic nitrogens is 4. The SMILES string of the molecule is CN(CC(=O)N1CC[C@H](O)[C@@H](n2ccnc2)CC1)Cc1nc2ccccc2[nH]1. The van der Waals surface area contributed by atoms with E-state index in [4.69, 9.17) is 0 Å². The van der Waals surface area contributed by atoms with Crippen LogP contribution in [0.15, 0.2) is 43.0 Å². The topological polar surface area (TPSA) is 90.3 Å². The fourth-order valence-corrected chi connectivity index (χ4v) is 3.86. The van der Waals surface area contributed by atoms with Gasteiger partial charge in [-0.2, -0.15) is 0 Å². The molecule has 0 radical (unpaired) electrons. The van der Waals surface area contributed by atoms with Crippen molar-refractivity contribution in [3.05, 3.63) is 48.8 Å². The number of aliphatic hydroxyl groups excluding tert-OH is 1. The number of benzene rings is 1. The standard InChI is InChI=1S/C20H26N6O2/c1-24(12-19-22-15-4-2-3-5-16(15)23-19)13-20(28)25-9-6-17(18(27)7-10-25)26-11-8-21-14-26/h2-5,8,11,14,17-18,27H,6-7,9-10,12-13H2,1H3,(H,22,23)/t17-,18-/m0/s1. The van der Waals surface area contributed by atoms with Crippen molar-refractivity contribution in [3.8, 4) is 0 Å². The minimum Gasteiger partial charge on any atom is -0.391 e. The fraction of sp³-hybridized carbons (Fsp3) is 0.450. The van der Waals surface area contributed by atoms with Crippen molar-refractivity contribution in [2.24, 2.45) is 0 Å². The number of nitrogens with zero attached hydrogens (tertiary/aromatic N) is 5. The van der Waals surface area contributed by atoms with Gasteiger partial charge in [-0.15, -0.1) is 0 Å². The molecular formula is C20H26N6O2. The van der Waals surface area contributed by atoms with E-state index in [0.29, 0.717) is 32.6 Å². The summed E-state index contributed by atoms with van der Waals surface area (Å²) in [4.78, 5) is 28.5. The van der Waals surface area contributed by atoms with Gasteiger partial charge in [-0.25, -0.2) is 9.97 Å². The number of likely N-dealkylation sites (tertiary alicyclic amines) is 1. The number of hydrogen-bond donors (Lipinski definition) is 2. The average Bonchev–Trinajstić information content (AvgIpc) is 3.29. The highest BCUT2D eigenvalue weighted by Gasteiger charge is 2.28. The summed E-state index contributed by atoms with van der Waals surface area (Å²) in [5.74, 6) is 0.931. The Kier molecular flexibility index (Phi) is 5.40. The van der Waals surface area contributed by atoms with E-state index in [1.165, 1.54) is 0 Å². The first kappa shape index (κ1) is 18.6. The van der Waals surface area contributed by atoms with Crippen LogP contribution in [-0.4, -0.2) is 73.1 Å². The molecule has 1 aromatic carbocycles. The van der Waals surface area contributed by atoms with E-state index in [0.717, 1.165) is 23.3 Å². The van der Waals surface area contributed by atoms with E-state index < -0.39 is 6.10 Å². The molecule has 2 atom stereocenters. The molecule has 2 aromatic heterocycles. The minimum absolute atomic E-state index is 0.0337. The van der Waals surface area contributed by atoms with Crippen molar-refractivity contribution in [1.82, 2.24) is 29.3 Å². The molecule has 1 aliphatic heterocycles. The molecule has 0 aliphatic carbocycles. The number of rotatable bonds is 5. The Hall–Kier alpha value is -2.71. The lowest BCUT2D eigenvalue weighted by Gasteiger charge is -2.24. The molecule has 148 valence electrons. The van der Waals surface area contributed by atoms with Gasteiger partial charge < -0.3 is 19.6 Å². The molecule has 2 N–H and O–H groups in total. The molecule has 4 rings (SSSR count). The Bertz CT molecular complexity index is 889. The zero-order chi connectivity index (χ0) is 19.5. The van der Waals surface area contributed by atoms with Gasteiger partial charge >= 0.3 is 0 Å². The number of amides is 1. The van der Waals surface area contributed by atoms with Gasteiger partial charge in [0.25, 0.3) is 0 Å². The van der Waals surface area contributed by atoms with Crippen LogP contribution in [0.25, 0.3) is 11.0 Å². The number of aromatic amines is 1. The molecule has 0 unspecified atom stereocenters. The molecule has 28 heavy (non-hydrogen) atoms. The predicted octanol–water partition coefficient (Wildman–Crippen LogP) is 1.42. The summed E-state index contributed by atoms with van der Waals surface area (Å²) >= 11 is 0.